The average Bonchev–Trinajstić information content (AvgIpc) is 3.06. The summed E-state index contributed by atoms with van der Waals surface area (Å²) in [7, 11) is 0. The monoisotopic (exact) mass is 339 g/mol. The zero-order valence-electron chi connectivity index (χ0n) is 15.2. The van der Waals surface area contributed by atoms with Gasteiger partial charge in [-0.05, 0) is 62.4 Å². The summed E-state index contributed by atoms with van der Waals surface area (Å²) in [5.74, 6) is 0.530. The fourth-order valence-electron chi connectivity index (χ4n) is 3.45. The van der Waals surface area contributed by atoms with Crippen molar-refractivity contribution in [1.82, 2.24) is 15.3 Å². The highest BCUT2D eigenvalue weighted by Crippen LogP contribution is 2.18. The van der Waals surface area contributed by atoms with Gasteiger partial charge < -0.3 is 10.1 Å². The summed E-state index contributed by atoms with van der Waals surface area (Å²) in [6, 6.07) is 10.4. The minimum Gasteiger partial charge on any atom is -0.377 e. The molecule has 1 saturated heterocycles. The zero-order valence-corrected chi connectivity index (χ0v) is 15.2. The fraction of sp³-hybridized carbons (Fsp3) is 0.524. The predicted molar refractivity (Wildman–Crippen MR) is 101 cm³/mol. The molecule has 0 bridgehead atoms. The first-order chi connectivity index (χ1) is 12.3. The number of hydrogen-bond donors (Lipinski definition) is 1. The van der Waals surface area contributed by atoms with Crippen LogP contribution in [0.2, 0.25) is 0 Å². The van der Waals surface area contributed by atoms with Gasteiger partial charge in [0, 0.05) is 49.4 Å². The van der Waals surface area contributed by atoms with E-state index in [2.05, 4.69) is 46.5 Å². The van der Waals surface area contributed by atoms with Crippen LogP contribution in [-0.2, 0) is 17.6 Å². The van der Waals surface area contributed by atoms with Crippen molar-refractivity contribution in [3.8, 4) is 0 Å². The number of ether oxygens (including phenoxy) is 1. The Morgan fingerprint density at radius 2 is 1.96 bits per heavy atom. The average molecular weight is 339 g/mol. The maximum absolute atomic E-state index is 6.16. The Labute approximate surface area is 151 Å². The van der Waals surface area contributed by atoms with Crippen LogP contribution in [0.1, 0.15) is 36.2 Å². The molecule has 0 radical (unpaired) electrons. The summed E-state index contributed by atoms with van der Waals surface area (Å²) in [5.41, 5.74) is 3.65. The van der Waals surface area contributed by atoms with Gasteiger partial charge in [-0.3, -0.25) is 9.97 Å². The van der Waals surface area contributed by atoms with Gasteiger partial charge in [-0.2, -0.15) is 0 Å². The Bertz CT molecular complexity index is 632. The summed E-state index contributed by atoms with van der Waals surface area (Å²) >= 11 is 0. The van der Waals surface area contributed by atoms with E-state index in [9.17, 15) is 0 Å². The van der Waals surface area contributed by atoms with Gasteiger partial charge in [0.05, 0.1) is 6.10 Å². The minimum atomic E-state index is 0.318. The number of aromatic nitrogens is 2. The Morgan fingerprint density at radius 3 is 2.80 bits per heavy atom. The molecule has 0 aliphatic carbocycles. The van der Waals surface area contributed by atoms with Crippen LogP contribution in [0.25, 0.3) is 0 Å². The third kappa shape index (κ3) is 5.91. The van der Waals surface area contributed by atoms with Gasteiger partial charge in [0.25, 0.3) is 0 Å². The number of aryl methyl sites for hydroxylation is 2. The van der Waals surface area contributed by atoms with Gasteiger partial charge in [-0.15, -0.1) is 0 Å². The minimum absolute atomic E-state index is 0.318. The van der Waals surface area contributed by atoms with E-state index in [4.69, 9.17) is 4.74 Å². The van der Waals surface area contributed by atoms with Crippen LogP contribution in [-0.4, -0.2) is 35.8 Å². The molecule has 0 spiro atoms. The summed E-state index contributed by atoms with van der Waals surface area (Å²) in [6.45, 7) is 4.97. The first-order valence-electron chi connectivity index (χ1n) is 9.45. The maximum atomic E-state index is 6.16. The summed E-state index contributed by atoms with van der Waals surface area (Å²) in [6.07, 6.45) is 9.66. The second-order valence-electron chi connectivity index (χ2n) is 6.99. The zero-order chi connectivity index (χ0) is 17.3. The smallest absolute Gasteiger partial charge is 0.0743 e. The number of pyridine rings is 2. The molecule has 1 N–H and O–H groups in total. The summed E-state index contributed by atoms with van der Waals surface area (Å²) in [4.78, 5) is 8.87. The van der Waals surface area contributed by atoms with Gasteiger partial charge in [-0.25, -0.2) is 0 Å². The molecule has 25 heavy (non-hydrogen) atoms. The van der Waals surface area contributed by atoms with Crippen molar-refractivity contribution in [2.24, 2.45) is 5.92 Å². The SMILES string of the molecule is Cc1ccnc(C[C@@H]2CNC[C@@H]2OCCCCCc2ccccn2)c1. The Hall–Kier alpha value is -1.78. The standard InChI is InChI=1S/C21H29N3O/c1-17-9-11-24-20(13-17)14-18-15-22-16-21(18)25-12-6-2-3-7-19-8-4-5-10-23-19/h4-5,8-11,13,18,21-22H,2-3,6-7,12,14-16H2,1H3/t18-,21+/m1/s1. The highest BCUT2D eigenvalue weighted by Gasteiger charge is 2.28. The van der Waals surface area contributed by atoms with Gasteiger partial charge in [0.2, 0.25) is 0 Å². The van der Waals surface area contributed by atoms with Gasteiger partial charge in [0.1, 0.15) is 0 Å². The Morgan fingerprint density at radius 1 is 1.04 bits per heavy atom. The van der Waals surface area contributed by atoms with E-state index in [1.54, 1.807) is 0 Å². The molecular weight excluding hydrogens is 310 g/mol. The molecule has 3 heterocycles. The Balaban J connectivity index is 1.33. The summed E-state index contributed by atoms with van der Waals surface area (Å²) in [5, 5.41) is 3.47. The molecule has 134 valence electrons. The highest BCUT2D eigenvalue weighted by atomic mass is 16.5. The van der Waals surface area contributed by atoms with Crippen molar-refractivity contribution in [2.75, 3.05) is 19.7 Å². The number of rotatable bonds is 9. The molecule has 0 unspecified atom stereocenters. The lowest BCUT2D eigenvalue weighted by Gasteiger charge is -2.19. The van der Waals surface area contributed by atoms with Crippen LogP contribution < -0.4 is 5.32 Å². The molecule has 0 amide bonds. The molecule has 1 aliphatic heterocycles. The lowest BCUT2D eigenvalue weighted by Crippen LogP contribution is -2.25. The predicted octanol–water partition coefficient (Wildman–Crippen LogP) is 3.35. The number of nitrogens with zero attached hydrogens (tertiary/aromatic N) is 2. The van der Waals surface area contributed by atoms with E-state index in [-0.39, 0.29) is 0 Å². The van der Waals surface area contributed by atoms with Crippen molar-refractivity contribution >= 4 is 0 Å². The van der Waals surface area contributed by atoms with Gasteiger partial charge >= 0.3 is 0 Å². The van der Waals surface area contributed by atoms with Crippen LogP contribution in [0.5, 0.6) is 0 Å². The molecule has 4 heteroatoms. The molecule has 0 saturated carbocycles. The molecule has 4 nitrogen and oxygen atoms in total. The van der Waals surface area contributed by atoms with Crippen molar-refractivity contribution in [2.45, 2.75) is 45.1 Å². The lowest BCUT2D eigenvalue weighted by molar-refractivity contribution is 0.0354. The van der Waals surface area contributed by atoms with E-state index >= 15 is 0 Å². The van der Waals surface area contributed by atoms with Crippen molar-refractivity contribution in [3.63, 3.8) is 0 Å². The van der Waals surface area contributed by atoms with Crippen LogP contribution in [0.3, 0.4) is 0 Å². The van der Waals surface area contributed by atoms with Crippen LogP contribution in [0.15, 0.2) is 42.7 Å². The van der Waals surface area contributed by atoms with E-state index in [0.717, 1.165) is 39.0 Å². The Kier molecular flexibility index (Phi) is 6.95. The fourth-order valence-corrected chi connectivity index (χ4v) is 3.45. The number of nitrogens with one attached hydrogen (secondary N) is 1. The maximum Gasteiger partial charge on any atom is 0.0743 e. The lowest BCUT2D eigenvalue weighted by atomic mass is 9.99. The molecule has 2 aromatic heterocycles. The molecule has 2 aromatic rings. The molecule has 3 rings (SSSR count). The topological polar surface area (TPSA) is 47.0 Å². The van der Waals surface area contributed by atoms with Crippen molar-refractivity contribution in [1.29, 1.82) is 0 Å². The molecule has 0 aromatic carbocycles. The van der Waals surface area contributed by atoms with E-state index in [1.807, 2.05) is 18.5 Å². The van der Waals surface area contributed by atoms with Crippen LogP contribution >= 0.6 is 0 Å². The highest BCUT2D eigenvalue weighted by molar-refractivity contribution is 5.15. The van der Waals surface area contributed by atoms with E-state index in [1.165, 1.54) is 29.8 Å². The number of hydrogen-bond acceptors (Lipinski definition) is 4. The van der Waals surface area contributed by atoms with Gasteiger partial charge in [0.15, 0.2) is 0 Å². The summed E-state index contributed by atoms with van der Waals surface area (Å²) < 4.78 is 6.16. The van der Waals surface area contributed by atoms with E-state index < -0.39 is 0 Å². The van der Waals surface area contributed by atoms with Gasteiger partial charge in [-0.1, -0.05) is 12.5 Å². The normalized spacial score (nSPS) is 20.0. The quantitative estimate of drug-likeness (QED) is 0.712. The van der Waals surface area contributed by atoms with Crippen LogP contribution in [0, 0.1) is 12.8 Å². The second-order valence-corrected chi connectivity index (χ2v) is 6.99. The second kappa shape index (κ2) is 9.64. The molecule has 1 aliphatic rings. The van der Waals surface area contributed by atoms with E-state index in [0.29, 0.717) is 12.0 Å². The van der Waals surface area contributed by atoms with Crippen LogP contribution in [0.4, 0.5) is 0 Å². The van der Waals surface area contributed by atoms with Crippen molar-refractivity contribution < 1.29 is 4.74 Å². The molecular formula is C21H29N3O. The first kappa shape index (κ1) is 18.0. The molecule has 1 fully saturated rings. The molecule has 2 atom stereocenters. The van der Waals surface area contributed by atoms with Crippen molar-refractivity contribution in [3.05, 3.63) is 59.7 Å². The first-order valence-corrected chi connectivity index (χ1v) is 9.45. The third-order valence-corrected chi connectivity index (χ3v) is 4.86. The third-order valence-electron chi connectivity index (χ3n) is 4.86. The number of unbranched alkanes of at least 4 members (excludes halogenated alkanes) is 2. The largest absolute Gasteiger partial charge is 0.377 e.